The molecule has 0 atom stereocenters. The van der Waals surface area contributed by atoms with Crippen LogP contribution in [0.2, 0.25) is 0 Å². The van der Waals surface area contributed by atoms with Crippen LogP contribution in [0.1, 0.15) is 31.5 Å². The van der Waals surface area contributed by atoms with Gasteiger partial charge < -0.3 is 5.32 Å². The van der Waals surface area contributed by atoms with Crippen molar-refractivity contribution in [1.29, 1.82) is 0 Å². The van der Waals surface area contributed by atoms with Gasteiger partial charge in [0, 0.05) is 11.3 Å². The molecule has 1 fully saturated rings. The van der Waals surface area contributed by atoms with Gasteiger partial charge >= 0.3 is 0 Å². The molecule has 0 aliphatic heterocycles. The summed E-state index contributed by atoms with van der Waals surface area (Å²) in [5.41, 5.74) is 0. The van der Waals surface area contributed by atoms with Crippen molar-refractivity contribution < 1.29 is 0 Å². The van der Waals surface area contributed by atoms with Gasteiger partial charge in [-0.15, -0.1) is 10.2 Å². The van der Waals surface area contributed by atoms with Crippen LogP contribution in [-0.4, -0.2) is 37.8 Å². The van der Waals surface area contributed by atoms with Crippen molar-refractivity contribution in [2.45, 2.75) is 43.5 Å². The zero-order valence-corrected chi connectivity index (χ0v) is 10.7. The quantitative estimate of drug-likeness (QED) is 0.851. The Hall–Kier alpha value is -0.620. The van der Waals surface area contributed by atoms with Crippen LogP contribution >= 0.6 is 11.8 Å². The number of rotatable bonds is 4. The van der Waals surface area contributed by atoms with Crippen molar-refractivity contribution >= 4 is 11.8 Å². The Bertz CT molecular complexity index is 319. The third-order valence-electron chi connectivity index (χ3n) is 3.11. The maximum atomic E-state index is 4.15. The first kappa shape index (κ1) is 11.9. The third-order valence-corrected chi connectivity index (χ3v) is 4.24. The monoisotopic (exact) mass is 241 g/mol. The average molecular weight is 241 g/mol. The molecule has 1 aromatic rings. The summed E-state index contributed by atoms with van der Waals surface area (Å²) >= 11 is 2.00. The first-order chi connectivity index (χ1) is 7.78. The summed E-state index contributed by atoms with van der Waals surface area (Å²) < 4.78 is 0. The lowest BCUT2D eigenvalue weighted by molar-refractivity contribution is 0.375. The van der Waals surface area contributed by atoms with E-state index in [0.29, 0.717) is 6.04 Å². The van der Waals surface area contributed by atoms with Gasteiger partial charge in [0.2, 0.25) is 0 Å². The third kappa shape index (κ3) is 3.18. The minimum atomic E-state index is 0.632. The largest absolute Gasteiger partial charge is 0.307 e. The van der Waals surface area contributed by atoms with E-state index < -0.39 is 0 Å². The normalized spacial score (nSPS) is 25.9. The molecule has 0 saturated heterocycles. The first-order valence-electron chi connectivity index (χ1n) is 5.77. The molecule has 0 bridgehead atoms. The van der Waals surface area contributed by atoms with Gasteiger partial charge in [-0.1, -0.05) is 0 Å². The molecule has 1 aliphatic carbocycles. The highest BCUT2D eigenvalue weighted by Gasteiger charge is 2.20. The van der Waals surface area contributed by atoms with Crippen LogP contribution in [0, 0.1) is 0 Å². The Kier molecular flexibility index (Phi) is 4.17. The molecule has 1 heterocycles. The molecule has 0 aromatic carbocycles. The zero-order chi connectivity index (χ0) is 11.4. The standard InChI is InChI=1S/C10H19N5S/c1-15-13-10(12-14-15)7-11-8-3-5-9(16-2)6-4-8/h8-9,11H,3-7H2,1-2H3. The highest BCUT2D eigenvalue weighted by atomic mass is 32.2. The number of aromatic nitrogens is 4. The van der Waals surface area contributed by atoms with Crippen molar-refractivity contribution in [2.24, 2.45) is 7.05 Å². The lowest BCUT2D eigenvalue weighted by Gasteiger charge is -2.27. The molecule has 90 valence electrons. The molecule has 0 amide bonds. The lowest BCUT2D eigenvalue weighted by atomic mass is 9.95. The molecule has 5 nitrogen and oxygen atoms in total. The molecule has 1 aliphatic rings. The maximum Gasteiger partial charge on any atom is 0.188 e. The van der Waals surface area contributed by atoms with Crippen LogP contribution in [-0.2, 0) is 13.6 Å². The molecular formula is C10H19N5S. The summed E-state index contributed by atoms with van der Waals surface area (Å²) in [5, 5.41) is 16.3. The highest BCUT2D eigenvalue weighted by molar-refractivity contribution is 7.99. The van der Waals surface area contributed by atoms with E-state index in [-0.39, 0.29) is 0 Å². The fraction of sp³-hybridized carbons (Fsp3) is 0.900. The van der Waals surface area contributed by atoms with Crippen molar-refractivity contribution in [1.82, 2.24) is 25.5 Å². The number of thioether (sulfide) groups is 1. The first-order valence-corrected chi connectivity index (χ1v) is 7.06. The van der Waals surface area contributed by atoms with Crippen LogP contribution in [0.4, 0.5) is 0 Å². The smallest absolute Gasteiger partial charge is 0.188 e. The Labute approximate surface area is 100 Å². The summed E-state index contributed by atoms with van der Waals surface area (Å²) in [6, 6.07) is 0.632. The number of hydrogen-bond acceptors (Lipinski definition) is 5. The second kappa shape index (κ2) is 5.63. The van der Waals surface area contributed by atoms with Crippen LogP contribution in [0.3, 0.4) is 0 Å². The number of tetrazole rings is 1. The second-order valence-electron chi connectivity index (χ2n) is 4.29. The molecule has 0 unspecified atom stereocenters. The van der Waals surface area contributed by atoms with E-state index in [2.05, 4.69) is 27.0 Å². The summed E-state index contributed by atoms with van der Waals surface area (Å²) in [4.78, 5) is 1.50. The summed E-state index contributed by atoms with van der Waals surface area (Å²) in [7, 11) is 1.79. The Morgan fingerprint density at radius 3 is 2.69 bits per heavy atom. The number of nitrogens with one attached hydrogen (secondary N) is 1. The molecule has 1 saturated carbocycles. The number of hydrogen-bond donors (Lipinski definition) is 1. The topological polar surface area (TPSA) is 55.6 Å². The molecule has 0 radical (unpaired) electrons. The predicted octanol–water partition coefficient (Wildman–Crippen LogP) is 0.974. The minimum absolute atomic E-state index is 0.632. The zero-order valence-electron chi connectivity index (χ0n) is 9.89. The molecule has 16 heavy (non-hydrogen) atoms. The van der Waals surface area contributed by atoms with Crippen LogP contribution in [0.15, 0.2) is 0 Å². The van der Waals surface area contributed by atoms with Crippen LogP contribution < -0.4 is 5.32 Å². The summed E-state index contributed by atoms with van der Waals surface area (Å²) in [5.74, 6) is 0.787. The second-order valence-corrected chi connectivity index (χ2v) is 5.42. The molecule has 1 aromatic heterocycles. The molecule has 2 rings (SSSR count). The summed E-state index contributed by atoms with van der Waals surface area (Å²) in [6.45, 7) is 0.739. The van der Waals surface area contributed by atoms with Crippen LogP contribution in [0.5, 0.6) is 0 Å². The molecule has 1 N–H and O–H groups in total. The molecule has 6 heteroatoms. The Morgan fingerprint density at radius 2 is 2.12 bits per heavy atom. The summed E-state index contributed by atoms with van der Waals surface area (Å²) in [6.07, 6.45) is 7.40. The van der Waals surface area contributed by atoms with E-state index in [9.17, 15) is 0 Å². The van der Waals surface area contributed by atoms with Gasteiger partial charge in [0.25, 0.3) is 0 Å². The van der Waals surface area contributed by atoms with Crippen molar-refractivity contribution in [3.63, 3.8) is 0 Å². The SMILES string of the molecule is CSC1CCC(NCc2nnn(C)n2)CC1. The van der Waals surface area contributed by atoms with E-state index in [0.717, 1.165) is 17.6 Å². The fourth-order valence-electron chi connectivity index (χ4n) is 2.13. The molecular weight excluding hydrogens is 222 g/mol. The van der Waals surface area contributed by atoms with Crippen molar-refractivity contribution in [3.05, 3.63) is 5.82 Å². The van der Waals surface area contributed by atoms with Gasteiger partial charge in [-0.25, -0.2) is 0 Å². The fourth-order valence-corrected chi connectivity index (χ4v) is 2.88. The highest BCUT2D eigenvalue weighted by Crippen LogP contribution is 2.26. The average Bonchev–Trinajstić information content (AvgIpc) is 2.73. The number of aryl methyl sites for hydroxylation is 1. The Balaban J connectivity index is 1.71. The van der Waals surface area contributed by atoms with Gasteiger partial charge in [0.05, 0.1) is 13.6 Å². The van der Waals surface area contributed by atoms with Gasteiger partial charge in [-0.05, 0) is 37.2 Å². The predicted molar refractivity (Wildman–Crippen MR) is 65.2 cm³/mol. The van der Waals surface area contributed by atoms with Gasteiger partial charge in [-0.2, -0.15) is 16.6 Å². The van der Waals surface area contributed by atoms with Crippen molar-refractivity contribution in [2.75, 3.05) is 6.26 Å². The van der Waals surface area contributed by atoms with E-state index in [1.165, 1.54) is 30.5 Å². The van der Waals surface area contributed by atoms with Crippen molar-refractivity contribution in [3.8, 4) is 0 Å². The molecule has 0 spiro atoms. The van der Waals surface area contributed by atoms with E-state index in [1.807, 2.05) is 11.8 Å². The Morgan fingerprint density at radius 1 is 1.38 bits per heavy atom. The van der Waals surface area contributed by atoms with E-state index in [1.54, 1.807) is 7.05 Å². The van der Waals surface area contributed by atoms with E-state index >= 15 is 0 Å². The van der Waals surface area contributed by atoms with Gasteiger partial charge in [-0.3, -0.25) is 0 Å². The maximum absolute atomic E-state index is 4.15. The van der Waals surface area contributed by atoms with E-state index in [4.69, 9.17) is 0 Å². The minimum Gasteiger partial charge on any atom is -0.307 e. The van der Waals surface area contributed by atoms with Gasteiger partial charge in [0.1, 0.15) is 0 Å². The number of nitrogens with zero attached hydrogens (tertiary/aromatic N) is 4. The lowest BCUT2D eigenvalue weighted by Crippen LogP contribution is -2.33. The van der Waals surface area contributed by atoms with Gasteiger partial charge in [0.15, 0.2) is 5.82 Å². The van der Waals surface area contributed by atoms with Crippen LogP contribution in [0.25, 0.3) is 0 Å².